The summed E-state index contributed by atoms with van der Waals surface area (Å²) >= 11 is 5.06. The number of likely N-dealkylation sites (N-methyl/N-ethyl adjacent to an activating group) is 1. The molecule has 0 radical (unpaired) electrons. The summed E-state index contributed by atoms with van der Waals surface area (Å²) < 4.78 is 1.08. The molecule has 0 aliphatic heterocycles. The third-order valence-electron chi connectivity index (χ3n) is 3.41. The second kappa shape index (κ2) is 7.91. The molecule has 1 fully saturated rings. The highest BCUT2D eigenvalue weighted by Crippen LogP contribution is 2.22. The maximum absolute atomic E-state index is 11.8. The topological polar surface area (TPSA) is 61.4 Å². The van der Waals surface area contributed by atoms with Crippen LogP contribution in [0.1, 0.15) is 30.6 Å². The van der Waals surface area contributed by atoms with E-state index in [0.717, 1.165) is 29.5 Å². The number of halogens is 1. The smallest absolute Gasteiger partial charge is 0.321 e. The lowest BCUT2D eigenvalue weighted by Crippen LogP contribution is -2.46. The fourth-order valence-corrected chi connectivity index (χ4v) is 4.03. The first-order chi connectivity index (χ1) is 10.0. The Labute approximate surface area is 137 Å². The number of carbonyl (C=O) groups is 2. The Kier molecular flexibility index (Phi) is 6.20. The fraction of sp³-hybridized carbons (Fsp3) is 0.571. The molecule has 1 aliphatic carbocycles. The molecule has 1 aromatic rings. The second-order valence-corrected chi connectivity index (χ2v) is 7.93. The highest BCUT2D eigenvalue weighted by Gasteiger charge is 2.18. The summed E-state index contributed by atoms with van der Waals surface area (Å²) in [6.07, 6.45) is 4.32. The van der Waals surface area contributed by atoms with Crippen LogP contribution in [0.25, 0.3) is 0 Å². The Morgan fingerprint density at radius 3 is 2.71 bits per heavy atom. The van der Waals surface area contributed by atoms with Gasteiger partial charge in [0.2, 0.25) is 5.91 Å². The van der Waals surface area contributed by atoms with Crippen molar-refractivity contribution < 1.29 is 9.59 Å². The van der Waals surface area contributed by atoms with Gasteiger partial charge >= 0.3 is 6.03 Å². The summed E-state index contributed by atoms with van der Waals surface area (Å²) in [6, 6.07) is 3.86. The second-order valence-electron chi connectivity index (χ2n) is 5.38. The molecule has 2 N–H and O–H groups in total. The van der Waals surface area contributed by atoms with E-state index in [0.29, 0.717) is 6.54 Å². The van der Waals surface area contributed by atoms with Crippen molar-refractivity contribution in [3.63, 3.8) is 0 Å². The molecule has 21 heavy (non-hydrogen) atoms. The van der Waals surface area contributed by atoms with Gasteiger partial charge in [0.15, 0.2) is 0 Å². The van der Waals surface area contributed by atoms with Crippen molar-refractivity contribution in [1.82, 2.24) is 15.5 Å². The summed E-state index contributed by atoms with van der Waals surface area (Å²) in [5.41, 5.74) is 0. The van der Waals surface area contributed by atoms with Crippen molar-refractivity contribution in [1.29, 1.82) is 0 Å². The van der Waals surface area contributed by atoms with Crippen LogP contribution in [0.5, 0.6) is 0 Å². The summed E-state index contributed by atoms with van der Waals surface area (Å²) in [7, 11) is 1.86. The van der Waals surface area contributed by atoms with E-state index in [1.165, 1.54) is 4.88 Å². The van der Waals surface area contributed by atoms with Crippen molar-refractivity contribution in [2.24, 2.45) is 0 Å². The predicted octanol–water partition coefficient (Wildman–Crippen LogP) is 2.71. The number of thiophene rings is 1. The quantitative estimate of drug-likeness (QED) is 0.833. The highest BCUT2D eigenvalue weighted by molar-refractivity contribution is 9.11. The van der Waals surface area contributed by atoms with E-state index < -0.39 is 0 Å². The number of imide groups is 1. The lowest BCUT2D eigenvalue weighted by Gasteiger charge is -2.16. The molecule has 3 amide bonds. The van der Waals surface area contributed by atoms with Gasteiger partial charge in [-0.25, -0.2) is 4.79 Å². The zero-order valence-corrected chi connectivity index (χ0v) is 14.4. The third kappa shape index (κ3) is 5.76. The monoisotopic (exact) mass is 373 g/mol. The van der Waals surface area contributed by atoms with Gasteiger partial charge in [-0.2, -0.15) is 0 Å². The molecule has 0 saturated heterocycles. The summed E-state index contributed by atoms with van der Waals surface area (Å²) in [5, 5.41) is 5.23. The predicted molar refractivity (Wildman–Crippen MR) is 87.3 cm³/mol. The van der Waals surface area contributed by atoms with Crippen LogP contribution in [0, 0.1) is 0 Å². The SMILES string of the molecule is CN(CC(=O)NC(=O)NC1CCCC1)Cc1ccc(Br)s1. The van der Waals surface area contributed by atoms with E-state index in [4.69, 9.17) is 0 Å². The normalized spacial score (nSPS) is 15.4. The molecule has 0 bridgehead atoms. The zero-order chi connectivity index (χ0) is 15.2. The number of nitrogens with zero attached hydrogens (tertiary/aromatic N) is 1. The van der Waals surface area contributed by atoms with Crippen molar-refractivity contribution >= 4 is 39.2 Å². The molecular weight excluding hydrogens is 354 g/mol. The molecule has 1 heterocycles. The van der Waals surface area contributed by atoms with Gasteiger partial charge in [0.25, 0.3) is 0 Å². The number of urea groups is 1. The van der Waals surface area contributed by atoms with Gasteiger partial charge in [-0.3, -0.25) is 15.0 Å². The maximum atomic E-state index is 11.8. The molecular formula is C14H20BrN3O2S. The zero-order valence-electron chi connectivity index (χ0n) is 12.0. The number of carbonyl (C=O) groups excluding carboxylic acids is 2. The van der Waals surface area contributed by atoms with Crippen LogP contribution in [-0.2, 0) is 11.3 Å². The Morgan fingerprint density at radius 1 is 1.38 bits per heavy atom. The molecule has 1 aromatic heterocycles. The summed E-state index contributed by atoms with van der Waals surface area (Å²) in [5.74, 6) is -0.274. The Bertz CT molecular complexity index is 500. The minimum atomic E-state index is -0.376. The molecule has 0 unspecified atom stereocenters. The average Bonchev–Trinajstić information content (AvgIpc) is 3.00. The standard InChI is InChI=1S/C14H20BrN3O2S/c1-18(8-11-6-7-12(15)21-11)9-13(19)17-14(20)16-10-4-2-3-5-10/h6-7,10H,2-5,8-9H2,1H3,(H2,16,17,19,20). The van der Waals surface area contributed by atoms with Crippen molar-refractivity contribution in [2.75, 3.05) is 13.6 Å². The number of rotatable bonds is 5. The minimum absolute atomic E-state index is 0.202. The minimum Gasteiger partial charge on any atom is -0.335 e. The summed E-state index contributed by atoms with van der Waals surface area (Å²) in [4.78, 5) is 26.6. The van der Waals surface area contributed by atoms with Crippen LogP contribution in [0.4, 0.5) is 4.79 Å². The molecule has 7 heteroatoms. The van der Waals surface area contributed by atoms with Crippen LogP contribution < -0.4 is 10.6 Å². The van der Waals surface area contributed by atoms with E-state index in [9.17, 15) is 9.59 Å². The van der Waals surface area contributed by atoms with Crippen LogP contribution in [0.2, 0.25) is 0 Å². The first-order valence-corrected chi connectivity index (χ1v) is 8.67. The Hall–Kier alpha value is -0.920. The van der Waals surface area contributed by atoms with Gasteiger partial charge in [0.1, 0.15) is 0 Å². The molecule has 0 aromatic carbocycles. The molecule has 5 nitrogen and oxygen atoms in total. The van der Waals surface area contributed by atoms with E-state index in [1.807, 2.05) is 24.1 Å². The first kappa shape index (κ1) is 16.5. The van der Waals surface area contributed by atoms with Crippen molar-refractivity contribution in [3.8, 4) is 0 Å². The average molecular weight is 374 g/mol. The van der Waals surface area contributed by atoms with Gasteiger partial charge in [-0.1, -0.05) is 12.8 Å². The van der Waals surface area contributed by atoms with E-state index >= 15 is 0 Å². The number of nitrogens with one attached hydrogen (secondary N) is 2. The van der Waals surface area contributed by atoms with E-state index in [2.05, 4.69) is 26.6 Å². The van der Waals surface area contributed by atoms with Gasteiger partial charge in [-0.05, 0) is 48.0 Å². The molecule has 1 aliphatic rings. The molecule has 0 atom stereocenters. The van der Waals surface area contributed by atoms with Gasteiger partial charge < -0.3 is 5.32 Å². The van der Waals surface area contributed by atoms with Crippen LogP contribution in [0.3, 0.4) is 0 Å². The fourth-order valence-electron chi connectivity index (χ4n) is 2.46. The van der Waals surface area contributed by atoms with Crippen molar-refractivity contribution in [3.05, 3.63) is 20.8 Å². The number of amides is 3. The molecule has 1 saturated carbocycles. The summed E-state index contributed by atoms with van der Waals surface area (Å²) in [6.45, 7) is 0.890. The van der Waals surface area contributed by atoms with Crippen molar-refractivity contribution in [2.45, 2.75) is 38.3 Å². The molecule has 0 spiro atoms. The van der Waals surface area contributed by atoms with Crippen LogP contribution >= 0.6 is 27.3 Å². The van der Waals surface area contributed by atoms with Gasteiger partial charge in [-0.15, -0.1) is 11.3 Å². The Balaban J connectivity index is 1.69. The molecule has 116 valence electrons. The number of hydrogen-bond acceptors (Lipinski definition) is 4. The number of hydrogen-bond donors (Lipinski definition) is 2. The largest absolute Gasteiger partial charge is 0.335 e. The lowest BCUT2D eigenvalue weighted by molar-refractivity contribution is -0.120. The maximum Gasteiger partial charge on any atom is 0.321 e. The van der Waals surface area contributed by atoms with Crippen LogP contribution in [0.15, 0.2) is 15.9 Å². The van der Waals surface area contributed by atoms with Crippen LogP contribution in [-0.4, -0.2) is 36.5 Å². The van der Waals surface area contributed by atoms with Gasteiger partial charge in [0.05, 0.1) is 10.3 Å². The van der Waals surface area contributed by atoms with Gasteiger partial charge in [0, 0.05) is 17.5 Å². The first-order valence-electron chi connectivity index (χ1n) is 7.06. The van der Waals surface area contributed by atoms with E-state index in [1.54, 1.807) is 11.3 Å². The third-order valence-corrected chi connectivity index (χ3v) is 5.02. The highest BCUT2D eigenvalue weighted by atomic mass is 79.9. The molecule has 2 rings (SSSR count). The Morgan fingerprint density at radius 2 is 2.10 bits per heavy atom. The van der Waals surface area contributed by atoms with E-state index in [-0.39, 0.29) is 24.5 Å². The lowest BCUT2D eigenvalue weighted by atomic mass is 10.2.